The number of aromatic nitrogens is 2. The standard InChI is InChI=1S/C19H19FN4O6/c1-2-28-18(26)13-9-21-19(27)22-14(13)10-29-16(25)8-7-15-23-17(24-30-15)11-3-5-12(20)6-4-11/h3-6H,2,7-10H2,1H3,(H2,21,22,27). The summed E-state index contributed by atoms with van der Waals surface area (Å²) in [5.41, 5.74) is 0.932. The third-order valence-electron chi connectivity index (χ3n) is 4.07. The summed E-state index contributed by atoms with van der Waals surface area (Å²) in [6.07, 6.45) is 0.0734. The minimum Gasteiger partial charge on any atom is -0.463 e. The van der Waals surface area contributed by atoms with Gasteiger partial charge in [0.25, 0.3) is 0 Å². The van der Waals surface area contributed by atoms with Crippen LogP contribution in [0.15, 0.2) is 40.1 Å². The highest BCUT2D eigenvalue weighted by molar-refractivity contribution is 5.93. The van der Waals surface area contributed by atoms with E-state index in [1.807, 2.05) is 0 Å². The van der Waals surface area contributed by atoms with Crippen molar-refractivity contribution in [3.8, 4) is 11.4 Å². The quantitative estimate of drug-likeness (QED) is 0.616. The van der Waals surface area contributed by atoms with Gasteiger partial charge in [-0.3, -0.25) is 4.79 Å². The summed E-state index contributed by atoms with van der Waals surface area (Å²) in [7, 11) is 0. The van der Waals surface area contributed by atoms with Crippen LogP contribution in [0.1, 0.15) is 19.2 Å². The smallest absolute Gasteiger partial charge is 0.337 e. The SMILES string of the molecule is CCOC(=O)C1=C(COC(=O)CCc2nc(-c3ccc(F)cc3)no2)NC(=O)NC1. The van der Waals surface area contributed by atoms with Gasteiger partial charge >= 0.3 is 18.0 Å². The largest absolute Gasteiger partial charge is 0.463 e. The van der Waals surface area contributed by atoms with Gasteiger partial charge in [0, 0.05) is 12.0 Å². The second-order valence-corrected chi connectivity index (χ2v) is 6.16. The lowest BCUT2D eigenvalue weighted by Gasteiger charge is -2.21. The van der Waals surface area contributed by atoms with Crippen LogP contribution in [0.4, 0.5) is 9.18 Å². The molecule has 2 amide bonds. The molecule has 2 N–H and O–H groups in total. The van der Waals surface area contributed by atoms with Gasteiger partial charge < -0.3 is 24.6 Å². The van der Waals surface area contributed by atoms with Crippen molar-refractivity contribution in [2.24, 2.45) is 0 Å². The molecule has 1 aromatic heterocycles. The summed E-state index contributed by atoms with van der Waals surface area (Å²) < 4.78 is 28.1. The van der Waals surface area contributed by atoms with Gasteiger partial charge in [-0.2, -0.15) is 4.98 Å². The van der Waals surface area contributed by atoms with Crippen LogP contribution in [0.25, 0.3) is 11.4 Å². The van der Waals surface area contributed by atoms with E-state index in [0.717, 1.165) is 0 Å². The second-order valence-electron chi connectivity index (χ2n) is 6.16. The maximum Gasteiger partial charge on any atom is 0.337 e. The number of benzene rings is 1. The van der Waals surface area contributed by atoms with Gasteiger partial charge in [0.05, 0.1) is 30.8 Å². The molecule has 1 aliphatic rings. The van der Waals surface area contributed by atoms with Gasteiger partial charge in [-0.15, -0.1) is 0 Å². The first-order valence-corrected chi connectivity index (χ1v) is 9.14. The fraction of sp³-hybridized carbons (Fsp3) is 0.316. The third kappa shape index (κ3) is 5.40. The number of rotatable bonds is 8. The molecule has 158 valence electrons. The van der Waals surface area contributed by atoms with E-state index in [9.17, 15) is 18.8 Å². The highest BCUT2D eigenvalue weighted by Crippen LogP contribution is 2.17. The van der Waals surface area contributed by atoms with Gasteiger partial charge in [0.1, 0.15) is 12.4 Å². The number of amides is 2. The van der Waals surface area contributed by atoms with Crippen LogP contribution in [0.5, 0.6) is 0 Å². The average Bonchev–Trinajstić information content (AvgIpc) is 3.20. The molecule has 0 fully saturated rings. The lowest BCUT2D eigenvalue weighted by Crippen LogP contribution is -2.45. The minimum absolute atomic E-state index is 0.0221. The van der Waals surface area contributed by atoms with E-state index >= 15 is 0 Å². The summed E-state index contributed by atoms with van der Waals surface area (Å²) in [6.45, 7) is 1.52. The van der Waals surface area contributed by atoms with Gasteiger partial charge in [-0.05, 0) is 31.2 Å². The first-order chi connectivity index (χ1) is 14.5. The molecule has 3 rings (SSSR count). The van der Waals surface area contributed by atoms with Crippen molar-refractivity contribution in [1.29, 1.82) is 0 Å². The topological polar surface area (TPSA) is 133 Å². The van der Waals surface area contributed by atoms with E-state index in [4.69, 9.17) is 14.0 Å². The first-order valence-electron chi connectivity index (χ1n) is 9.14. The zero-order chi connectivity index (χ0) is 21.5. The zero-order valence-corrected chi connectivity index (χ0v) is 16.1. The number of esters is 2. The maximum atomic E-state index is 13.0. The van der Waals surface area contributed by atoms with Crippen LogP contribution in [0, 0.1) is 5.82 Å². The summed E-state index contributed by atoms with van der Waals surface area (Å²) in [6, 6.07) is 5.08. The number of aryl methyl sites for hydroxylation is 1. The normalized spacial score (nSPS) is 13.5. The number of hydrogen-bond donors (Lipinski definition) is 2. The fourth-order valence-electron chi connectivity index (χ4n) is 2.58. The molecule has 10 nitrogen and oxygen atoms in total. The number of ether oxygens (including phenoxy) is 2. The molecular formula is C19H19FN4O6. The molecule has 0 saturated carbocycles. The van der Waals surface area contributed by atoms with Crippen LogP contribution in [-0.4, -0.2) is 47.9 Å². The van der Waals surface area contributed by atoms with Crippen molar-refractivity contribution in [2.75, 3.05) is 19.8 Å². The predicted molar refractivity (Wildman–Crippen MR) is 99.2 cm³/mol. The Morgan fingerprint density at radius 3 is 2.73 bits per heavy atom. The number of urea groups is 1. The Bertz CT molecular complexity index is 970. The van der Waals surface area contributed by atoms with Crippen molar-refractivity contribution in [3.05, 3.63) is 47.2 Å². The fourth-order valence-corrected chi connectivity index (χ4v) is 2.58. The predicted octanol–water partition coefficient (Wildman–Crippen LogP) is 1.48. The van der Waals surface area contributed by atoms with Crippen LogP contribution in [-0.2, 0) is 25.5 Å². The van der Waals surface area contributed by atoms with Crippen LogP contribution in [0.3, 0.4) is 0 Å². The summed E-state index contributed by atoms with van der Waals surface area (Å²) in [4.78, 5) is 39.6. The lowest BCUT2D eigenvalue weighted by atomic mass is 10.1. The maximum absolute atomic E-state index is 13.0. The Kier molecular flexibility index (Phi) is 6.73. The van der Waals surface area contributed by atoms with Crippen molar-refractivity contribution < 1.29 is 32.8 Å². The number of carbonyl (C=O) groups excluding carboxylic acids is 3. The highest BCUT2D eigenvalue weighted by Gasteiger charge is 2.24. The average molecular weight is 418 g/mol. The van der Waals surface area contributed by atoms with E-state index in [-0.39, 0.29) is 61.4 Å². The Balaban J connectivity index is 1.53. The number of halogens is 1. The second kappa shape index (κ2) is 9.63. The van der Waals surface area contributed by atoms with Gasteiger partial charge in [0.2, 0.25) is 11.7 Å². The molecule has 0 radical (unpaired) electrons. The summed E-state index contributed by atoms with van der Waals surface area (Å²) in [5, 5.41) is 8.70. The molecule has 0 saturated heterocycles. The minimum atomic E-state index is -0.602. The van der Waals surface area contributed by atoms with Crippen molar-refractivity contribution in [1.82, 2.24) is 20.8 Å². The van der Waals surface area contributed by atoms with E-state index in [2.05, 4.69) is 20.8 Å². The van der Waals surface area contributed by atoms with E-state index in [1.54, 1.807) is 6.92 Å². The number of hydrogen-bond acceptors (Lipinski definition) is 8. The van der Waals surface area contributed by atoms with Crippen molar-refractivity contribution in [3.63, 3.8) is 0 Å². The van der Waals surface area contributed by atoms with Crippen LogP contribution >= 0.6 is 0 Å². The Morgan fingerprint density at radius 1 is 1.23 bits per heavy atom. The molecule has 0 aliphatic carbocycles. The first kappa shape index (κ1) is 21.0. The zero-order valence-electron chi connectivity index (χ0n) is 16.1. The molecule has 0 spiro atoms. The highest BCUT2D eigenvalue weighted by atomic mass is 19.1. The third-order valence-corrected chi connectivity index (χ3v) is 4.07. The van der Waals surface area contributed by atoms with E-state index < -0.39 is 18.0 Å². The molecule has 0 bridgehead atoms. The Morgan fingerprint density at radius 2 is 2.00 bits per heavy atom. The molecule has 1 aromatic carbocycles. The number of nitrogens with zero attached hydrogens (tertiary/aromatic N) is 2. The van der Waals surface area contributed by atoms with Crippen LogP contribution in [0.2, 0.25) is 0 Å². The molecule has 0 unspecified atom stereocenters. The Hall–Kier alpha value is -3.76. The van der Waals surface area contributed by atoms with E-state index in [1.165, 1.54) is 24.3 Å². The molecule has 1 aliphatic heterocycles. The van der Waals surface area contributed by atoms with Crippen molar-refractivity contribution >= 4 is 18.0 Å². The molecular weight excluding hydrogens is 399 g/mol. The molecule has 30 heavy (non-hydrogen) atoms. The molecule has 2 aromatic rings. The van der Waals surface area contributed by atoms with E-state index in [0.29, 0.717) is 5.56 Å². The van der Waals surface area contributed by atoms with Crippen molar-refractivity contribution in [2.45, 2.75) is 19.8 Å². The molecule has 11 heteroatoms. The van der Waals surface area contributed by atoms with Crippen LogP contribution < -0.4 is 10.6 Å². The molecule has 0 atom stereocenters. The molecule has 2 heterocycles. The van der Waals surface area contributed by atoms with Gasteiger partial charge in [0.15, 0.2) is 0 Å². The summed E-state index contributed by atoms with van der Waals surface area (Å²) >= 11 is 0. The number of nitrogens with one attached hydrogen (secondary N) is 2. The monoisotopic (exact) mass is 418 g/mol. The number of carbonyl (C=O) groups is 3. The van der Waals surface area contributed by atoms with Gasteiger partial charge in [-0.1, -0.05) is 5.16 Å². The van der Waals surface area contributed by atoms with Gasteiger partial charge in [-0.25, -0.2) is 14.0 Å². The Labute approximate surface area is 170 Å². The summed E-state index contributed by atoms with van der Waals surface area (Å²) in [5.74, 6) is -1.07. The lowest BCUT2D eigenvalue weighted by molar-refractivity contribution is -0.143.